The Morgan fingerprint density at radius 1 is 1.55 bits per heavy atom. The smallest absolute Gasteiger partial charge is 0.357 e. The van der Waals surface area contributed by atoms with Crippen molar-refractivity contribution in [3.05, 3.63) is 43.2 Å². The molecular formula is C13H7BrF2IN3O2. The van der Waals surface area contributed by atoms with E-state index >= 15 is 0 Å². The molecule has 0 aliphatic carbocycles. The van der Waals surface area contributed by atoms with Crippen LogP contribution in [0.1, 0.15) is 16.1 Å². The van der Waals surface area contributed by atoms with E-state index in [0.29, 0.717) is 0 Å². The van der Waals surface area contributed by atoms with Gasteiger partial charge in [-0.15, -0.1) is 0 Å². The van der Waals surface area contributed by atoms with Crippen LogP contribution in [0.2, 0.25) is 0 Å². The van der Waals surface area contributed by atoms with Crippen LogP contribution in [-0.2, 0) is 4.74 Å². The van der Waals surface area contributed by atoms with E-state index in [1.165, 1.54) is 6.20 Å². The molecule has 0 spiro atoms. The maximum Gasteiger partial charge on any atom is 0.357 e. The van der Waals surface area contributed by atoms with Crippen molar-refractivity contribution in [1.82, 2.24) is 4.57 Å². The molecule has 1 aromatic carbocycles. The maximum absolute atomic E-state index is 14.0. The second kappa shape index (κ2) is 6.21. The summed E-state index contributed by atoms with van der Waals surface area (Å²) in [6, 6.07) is 2.84. The molecule has 114 valence electrons. The van der Waals surface area contributed by atoms with Crippen molar-refractivity contribution in [2.75, 3.05) is 12.8 Å². The van der Waals surface area contributed by atoms with Gasteiger partial charge in [-0.05, 0) is 38.5 Å². The van der Waals surface area contributed by atoms with E-state index in [1.807, 2.05) is 6.07 Å². The molecule has 0 radical (unpaired) electrons. The van der Waals surface area contributed by atoms with Crippen LogP contribution in [-0.4, -0.2) is 17.6 Å². The standard InChI is InChI=1S/C13H7BrF2IN3O2/c1-22-13(21)12-11(19)5(3-18)4-20(12)7-2-6(15)8(14)9(16)10(7)17/h2,4H,19H2,1H3. The summed E-state index contributed by atoms with van der Waals surface area (Å²) in [7, 11) is 1.14. The first-order valence-electron chi connectivity index (χ1n) is 5.66. The Morgan fingerprint density at radius 3 is 2.73 bits per heavy atom. The van der Waals surface area contributed by atoms with Crippen molar-refractivity contribution >= 4 is 50.2 Å². The average molecular weight is 482 g/mol. The number of methoxy groups -OCH3 is 1. The Bertz CT molecular complexity index is 830. The van der Waals surface area contributed by atoms with Crippen LogP contribution in [0.25, 0.3) is 5.69 Å². The van der Waals surface area contributed by atoms with Crippen molar-refractivity contribution in [2.24, 2.45) is 0 Å². The number of ether oxygens (including phenoxy) is 1. The molecule has 0 saturated carbocycles. The van der Waals surface area contributed by atoms with Gasteiger partial charge in [-0.25, -0.2) is 13.6 Å². The number of benzene rings is 1. The van der Waals surface area contributed by atoms with E-state index in [9.17, 15) is 13.6 Å². The number of aromatic nitrogens is 1. The van der Waals surface area contributed by atoms with Gasteiger partial charge in [-0.1, -0.05) is 0 Å². The third-order valence-corrected chi connectivity index (χ3v) is 4.64. The Morgan fingerprint density at radius 2 is 2.18 bits per heavy atom. The summed E-state index contributed by atoms with van der Waals surface area (Å²) in [4.78, 5) is 11.9. The summed E-state index contributed by atoms with van der Waals surface area (Å²) < 4.78 is 33.3. The number of carbonyl (C=O) groups is 1. The fourth-order valence-electron chi connectivity index (χ4n) is 1.84. The minimum atomic E-state index is -0.852. The molecule has 2 aromatic rings. The number of hydrogen-bond donors (Lipinski definition) is 1. The highest BCUT2D eigenvalue weighted by atomic mass is 127. The van der Waals surface area contributed by atoms with E-state index < -0.39 is 17.6 Å². The quantitative estimate of drug-likeness (QED) is 0.308. The molecule has 22 heavy (non-hydrogen) atoms. The predicted molar refractivity (Wildman–Crippen MR) is 86.6 cm³/mol. The lowest BCUT2D eigenvalue weighted by Gasteiger charge is -2.12. The topological polar surface area (TPSA) is 81.0 Å². The first-order valence-corrected chi connectivity index (χ1v) is 7.53. The number of anilines is 1. The Hall–Kier alpha value is -1.67. The third-order valence-electron chi connectivity index (χ3n) is 2.89. The molecule has 0 amide bonds. The summed E-state index contributed by atoms with van der Waals surface area (Å²) in [5, 5.41) is 9.03. The molecule has 1 heterocycles. The molecule has 5 nitrogen and oxygen atoms in total. The van der Waals surface area contributed by atoms with Crippen molar-refractivity contribution < 1.29 is 18.3 Å². The van der Waals surface area contributed by atoms with E-state index in [1.54, 1.807) is 22.6 Å². The first-order chi connectivity index (χ1) is 10.3. The normalized spacial score (nSPS) is 10.4. The van der Waals surface area contributed by atoms with Gasteiger partial charge in [0.25, 0.3) is 0 Å². The molecule has 0 atom stereocenters. The molecule has 0 aliphatic rings. The molecule has 0 aliphatic heterocycles. The molecular weight excluding hydrogens is 475 g/mol. The summed E-state index contributed by atoms with van der Waals surface area (Å²) in [6.07, 6.45) is 1.23. The van der Waals surface area contributed by atoms with Crippen molar-refractivity contribution in [2.45, 2.75) is 0 Å². The van der Waals surface area contributed by atoms with Gasteiger partial charge in [0.15, 0.2) is 11.5 Å². The van der Waals surface area contributed by atoms with Crippen LogP contribution in [0.4, 0.5) is 14.5 Å². The fraction of sp³-hybridized carbons (Fsp3) is 0.0769. The lowest BCUT2D eigenvalue weighted by Crippen LogP contribution is -2.12. The van der Waals surface area contributed by atoms with Crippen molar-refractivity contribution in [1.29, 1.82) is 5.26 Å². The molecule has 9 heteroatoms. The number of nitriles is 1. The van der Waals surface area contributed by atoms with Crippen LogP contribution in [0.5, 0.6) is 0 Å². The Labute approximate surface area is 145 Å². The number of nitrogens with two attached hydrogens (primary N) is 1. The monoisotopic (exact) mass is 481 g/mol. The van der Waals surface area contributed by atoms with E-state index in [4.69, 9.17) is 11.0 Å². The zero-order chi connectivity index (χ0) is 16.6. The van der Waals surface area contributed by atoms with E-state index in [0.717, 1.165) is 17.7 Å². The van der Waals surface area contributed by atoms with Crippen LogP contribution in [0, 0.1) is 26.5 Å². The van der Waals surface area contributed by atoms with Crippen LogP contribution in [0.3, 0.4) is 0 Å². The molecule has 0 bridgehead atoms. The Kier molecular flexibility index (Phi) is 4.72. The Balaban J connectivity index is 2.85. The molecule has 1 aromatic heterocycles. The highest BCUT2D eigenvalue weighted by molar-refractivity contribution is 14.1. The second-order valence-corrected chi connectivity index (χ2v) is 5.97. The fourth-order valence-corrected chi connectivity index (χ4v) is 3.21. The maximum atomic E-state index is 14.0. The number of nitrogen functional groups attached to an aromatic ring is 1. The van der Waals surface area contributed by atoms with Gasteiger partial charge in [-0.3, -0.25) is 0 Å². The minimum absolute atomic E-state index is 0.0000601. The van der Waals surface area contributed by atoms with Gasteiger partial charge < -0.3 is 15.0 Å². The summed E-state index contributed by atoms with van der Waals surface area (Å²) in [5.41, 5.74) is 5.49. The second-order valence-electron chi connectivity index (χ2n) is 4.10. The third kappa shape index (κ3) is 2.56. The van der Waals surface area contributed by atoms with Crippen LogP contribution >= 0.6 is 38.5 Å². The van der Waals surface area contributed by atoms with Gasteiger partial charge in [0.2, 0.25) is 0 Å². The lowest BCUT2D eigenvalue weighted by atomic mass is 10.2. The SMILES string of the molecule is COC(=O)c1c(N)c(C#N)cn1-c1cc(F)c(Br)c(F)c1I. The van der Waals surface area contributed by atoms with Gasteiger partial charge in [0.05, 0.1) is 32.1 Å². The summed E-state index contributed by atoms with van der Waals surface area (Å²) in [5.74, 6) is -2.50. The zero-order valence-electron chi connectivity index (χ0n) is 11.0. The van der Waals surface area contributed by atoms with Crippen molar-refractivity contribution in [3.8, 4) is 11.8 Å². The van der Waals surface area contributed by atoms with Gasteiger partial charge >= 0.3 is 5.97 Å². The van der Waals surface area contributed by atoms with E-state index in [-0.39, 0.29) is 30.7 Å². The highest BCUT2D eigenvalue weighted by Gasteiger charge is 2.25. The number of halogens is 4. The summed E-state index contributed by atoms with van der Waals surface area (Å²) in [6.45, 7) is 0. The molecule has 0 saturated heterocycles. The number of esters is 1. The number of rotatable bonds is 2. The average Bonchev–Trinajstić information content (AvgIpc) is 2.84. The number of nitrogens with zero attached hydrogens (tertiary/aromatic N) is 2. The lowest BCUT2D eigenvalue weighted by molar-refractivity contribution is 0.0593. The van der Waals surface area contributed by atoms with Gasteiger partial charge in [0.1, 0.15) is 11.9 Å². The first kappa shape index (κ1) is 16.7. The zero-order valence-corrected chi connectivity index (χ0v) is 14.7. The number of carbonyl (C=O) groups excluding carboxylic acids is 1. The van der Waals surface area contributed by atoms with Gasteiger partial charge in [-0.2, -0.15) is 5.26 Å². The van der Waals surface area contributed by atoms with Crippen LogP contribution < -0.4 is 5.73 Å². The van der Waals surface area contributed by atoms with E-state index in [2.05, 4.69) is 20.7 Å². The van der Waals surface area contributed by atoms with Crippen molar-refractivity contribution in [3.63, 3.8) is 0 Å². The molecule has 2 rings (SSSR count). The largest absolute Gasteiger partial charge is 0.464 e. The minimum Gasteiger partial charge on any atom is -0.464 e. The molecule has 2 N–H and O–H groups in total. The molecule has 0 fully saturated rings. The predicted octanol–water partition coefficient (Wildman–Crippen LogP) is 3.36. The summed E-state index contributed by atoms with van der Waals surface area (Å²) >= 11 is 4.47. The molecule has 0 unspecified atom stereocenters. The number of hydrogen-bond acceptors (Lipinski definition) is 4. The highest BCUT2D eigenvalue weighted by Crippen LogP contribution is 2.32. The van der Waals surface area contributed by atoms with Gasteiger partial charge in [0, 0.05) is 12.3 Å². The van der Waals surface area contributed by atoms with Crippen LogP contribution in [0.15, 0.2) is 16.7 Å².